The quantitative estimate of drug-likeness (QED) is 0.688. The van der Waals surface area contributed by atoms with Crippen LogP contribution < -0.4 is 5.32 Å². The van der Waals surface area contributed by atoms with E-state index in [0.29, 0.717) is 18.7 Å². The van der Waals surface area contributed by atoms with Crippen molar-refractivity contribution in [3.05, 3.63) is 35.1 Å². The summed E-state index contributed by atoms with van der Waals surface area (Å²) >= 11 is 0. The Hall–Kier alpha value is -0.930. The van der Waals surface area contributed by atoms with Crippen LogP contribution in [0.5, 0.6) is 0 Å². The van der Waals surface area contributed by atoms with Gasteiger partial charge in [-0.15, -0.1) is 0 Å². The fourth-order valence-electron chi connectivity index (χ4n) is 1.10. The highest BCUT2D eigenvalue weighted by atomic mass is 19.1. The van der Waals surface area contributed by atoms with Gasteiger partial charge in [0.2, 0.25) is 0 Å². The highest BCUT2D eigenvalue weighted by Gasteiger charge is 2.00. The van der Waals surface area contributed by atoms with E-state index in [1.165, 1.54) is 6.07 Å². The van der Waals surface area contributed by atoms with Crippen LogP contribution in [0.3, 0.4) is 0 Å². The Kier molecular flexibility index (Phi) is 3.86. The molecule has 2 N–H and O–H groups in total. The average Bonchev–Trinajstić information content (AvgIpc) is 2.09. The smallest absolute Gasteiger partial charge is 0.127 e. The molecule has 0 aliphatic heterocycles. The van der Waals surface area contributed by atoms with Crippen molar-refractivity contribution in [1.82, 2.24) is 5.32 Å². The van der Waals surface area contributed by atoms with Crippen LogP contribution in [-0.4, -0.2) is 18.3 Å². The monoisotopic (exact) mass is 183 g/mol. The summed E-state index contributed by atoms with van der Waals surface area (Å²) in [4.78, 5) is 0. The van der Waals surface area contributed by atoms with E-state index < -0.39 is 0 Å². The van der Waals surface area contributed by atoms with Gasteiger partial charge in [-0.25, -0.2) is 4.39 Å². The van der Waals surface area contributed by atoms with Crippen LogP contribution >= 0.6 is 0 Å². The second-order valence-corrected chi connectivity index (χ2v) is 3.00. The van der Waals surface area contributed by atoms with E-state index >= 15 is 0 Å². The lowest BCUT2D eigenvalue weighted by Crippen LogP contribution is -2.18. The molecule has 0 aliphatic carbocycles. The van der Waals surface area contributed by atoms with Gasteiger partial charge in [-0.05, 0) is 18.6 Å². The Morgan fingerprint density at radius 3 is 2.85 bits per heavy atom. The molecule has 1 aromatic carbocycles. The number of benzene rings is 1. The van der Waals surface area contributed by atoms with Crippen molar-refractivity contribution in [3.63, 3.8) is 0 Å². The molecule has 0 aromatic heterocycles. The summed E-state index contributed by atoms with van der Waals surface area (Å²) < 4.78 is 13.2. The molecule has 1 rings (SSSR count). The maximum atomic E-state index is 13.2. The van der Waals surface area contributed by atoms with Gasteiger partial charge in [-0.1, -0.05) is 12.1 Å². The molecule has 0 saturated carbocycles. The zero-order chi connectivity index (χ0) is 9.68. The average molecular weight is 183 g/mol. The van der Waals surface area contributed by atoms with Crippen LogP contribution in [0.4, 0.5) is 4.39 Å². The molecule has 3 heteroatoms. The van der Waals surface area contributed by atoms with Gasteiger partial charge in [-0.3, -0.25) is 0 Å². The Balaban J connectivity index is 2.56. The fourth-order valence-corrected chi connectivity index (χ4v) is 1.10. The van der Waals surface area contributed by atoms with Gasteiger partial charge >= 0.3 is 0 Å². The van der Waals surface area contributed by atoms with Crippen molar-refractivity contribution in [1.29, 1.82) is 0 Å². The molecule has 13 heavy (non-hydrogen) atoms. The number of aryl methyl sites for hydroxylation is 1. The molecule has 0 saturated heterocycles. The molecule has 0 fully saturated rings. The van der Waals surface area contributed by atoms with Gasteiger partial charge in [-0.2, -0.15) is 0 Å². The highest BCUT2D eigenvalue weighted by Crippen LogP contribution is 2.08. The third-order valence-electron chi connectivity index (χ3n) is 1.81. The summed E-state index contributed by atoms with van der Waals surface area (Å²) in [5.41, 5.74) is 1.56. The topological polar surface area (TPSA) is 32.3 Å². The minimum Gasteiger partial charge on any atom is -0.395 e. The first kappa shape index (κ1) is 10.2. The van der Waals surface area contributed by atoms with Gasteiger partial charge in [0.1, 0.15) is 5.82 Å². The molecule has 72 valence electrons. The summed E-state index contributed by atoms with van der Waals surface area (Å²) in [7, 11) is 0. The molecule has 0 amide bonds. The second kappa shape index (κ2) is 4.94. The number of aliphatic hydroxyl groups excluding tert-OH is 1. The summed E-state index contributed by atoms with van der Waals surface area (Å²) in [5, 5.41) is 11.4. The summed E-state index contributed by atoms with van der Waals surface area (Å²) in [6.45, 7) is 2.89. The molecule has 0 bridgehead atoms. The molecule has 0 atom stereocenters. The molecule has 0 heterocycles. The SMILES string of the molecule is Cc1ccc(CNCCO)c(F)c1. The predicted octanol–water partition coefficient (Wildman–Crippen LogP) is 1.22. The highest BCUT2D eigenvalue weighted by molar-refractivity contribution is 5.23. The van der Waals surface area contributed by atoms with E-state index in [1.54, 1.807) is 6.07 Å². The number of nitrogens with one attached hydrogen (secondary N) is 1. The number of hydrogen-bond donors (Lipinski definition) is 2. The number of hydrogen-bond acceptors (Lipinski definition) is 2. The van der Waals surface area contributed by atoms with E-state index in [0.717, 1.165) is 5.56 Å². The van der Waals surface area contributed by atoms with Crippen molar-refractivity contribution >= 4 is 0 Å². The van der Waals surface area contributed by atoms with Gasteiger partial charge in [0.05, 0.1) is 6.61 Å². The largest absolute Gasteiger partial charge is 0.395 e. The zero-order valence-electron chi connectivity index (χ0n) is 7.68. The minimum atomic E-state index is -0.189. The molecule has 0 aliphatic rings. The van der Waals surface area contributed by atoms with Crippen molar-refractivity contribution in [2.45, 2.75) is 13.5 Å². The van der Waals surface area contributed by atoms with E-state index in [-0.39, 0.29) is 12.4 Å². The summed E-state index contributed by atoms with van der Waals surface area (Å²) in [5.74, 6) is -0.189. The van der Waals surface area contributed by atoms with Crippen LogP contribution in [0.25, 0.3) is 0 Å². The first-order chi connectivity index (χ1) is 6.24. The maximum absolute atomic E-state index is 13.2. The molecule has 0 spiro atoms. The van der Waals surface area contributed by atoms with E-state index in [9.17, 15) is 4.39 Å². The van der Waals surface area contributed by atoms with Crippen molar-refractivity contribution in [2.24, 2.45) is 0 Å². The van der Waals surface area contributed by atoms with E-state index in [1.807, 2.05) is 13.0 Å². The van der Waals surface area contributed by atoms with Crippen molar-refractivity contribution < 1.29 is 9.50 Å². The van der Waals surface area contributed by atoms with Crippen LogP contribution in [0.1, 0.15) is 11.1 Å². The molecule has 2 nitrogen and oxygen atoms in total. The lowest BCUT2D eigenvalue weighted by molar-refractivity contribution is 0.291. The van der Waals surface area contributed by atoms with Crippen molar-refractivity contribution in [3.8, 4) is 0 Å². The summed E-state index contributed by atoms with van der Waals surface area (Å²) in [6.07, 6.45) is 0. The van der Waals surface area contributed by atoms with Gasteiger partial charge in [0, 0.05) is 18.7 Å². The van der Waals surface area contributed by atoms with Gasteiger partial charge < -0.3 is 10.4 Å². The summed E-state index contributed by atoms with van der Waals surface area (Å²) in [6, 6.07) is 5.14. The van der Waals surface area contributed by atoms with E-state index in [2.05, 4.69) is 5.32 Å². The van der Waals surface area contributed by atoms with Crippen LogP contribution in [-0.2, 0) is 6.54 Å². The molecule has 1 aromatic rings. The molecular weight excluding hydrogens is 169 g/mol. The lowest BCUT2D eigenvalue weighted by atomic mass is 10.1. The first-order valence-corrected chi connectivity index (χ1v) is 4.30. The fraction of sp³-hybridized carbons (Fsp3) is 0.400. The van der Waals surface area contributed by atoms with Gasteiger partial charge in [0.15, 0.2) is 0 Å². The van der Waals surface area contributed by atoms with Crippen LogP contribution in [0, 0.1) is 12.7 Å². The normalized spacial score (nSPS) is 10.4. The van der Waals surface area contributed by atoms with Crippen molar-refractivity contribution in [2.75, 3.05) is 13.2 Å². The number of halogens is 1. The Morgan fingerprint density at radius 1 is 1.46 bits per heavy atom. The third-order valence-corrected chi connectivity index (χ3v) is 1.81. The minimum absolute atomic E-state index is 0.0769. The predicted molar refractivity (Wildman–Crippen MR) is 49.9 cm³/mol. The zero-order valence-corrected chi connectivity index (χ0v) is 7.68. The second-order valence-electron chi connectivity index (χ2n) is 3.00. The molecule has 0 unspecified atom stereocenters. The van der Waals surface area contributed by atoms with Crippen LogP contribution in [0.15, 0.2) is 18.2 Å². The standard InChI is InChI=1S/C10H14FNO/c1-8-2-3-9(10(11)6-8)7-12-4-5-13/h2-3,6,12-13H,4-5,7H2,1H3. The van der Waals surface area contributed by atoms with E-state index in [4.69, 9.17) is 5.11 Å². The number of aliphatic hydroxyl groups is 1. The van der Waals surface area contributed by atoms with Gasteiger partial charge in [0.25, 0.3) is 0 Å². The molecule has 0 radical (unpaired) electrons. The lowest BCUT2D eigenvalue weighted by Gasteiger charge is -2.04. The maximum Gasteiger partial charge on any atom is 0.127 e. The van der Waals surface area contributed by atoms with Crippen LogP contribution in [0.2, 0.25) is 0 Å². The Labute approximate surface area is 77.4 Å². The number of rotatable bonds is 4. The first-order valence-electron chi connectivity index (χ1n) is 4.30. The molecular formula is C10H14FNO. The third kappa shape index (κ3) is 3.13. The Bertz CT molecular complexity index is 276. The Morgan fingerprint density at radius 2 is 2.23 bits per heavy atom.